The van der Waals surface area contributed by atoms with Crippen molar-refractivity contribution in [3.63, 3.8) is 0 Å². The maximum atomic E-state index is 12.4. The van der Waals surface area contributed by atoms with Crippen LogP contribution < -0.4 is 0 Å². The molecule has 2 rings (SSSR count). The first kappa shape index (κ1) is 21.2. The van der Waals surface area contributed by atoms with Crippen LogP contribution in [0, 0.1) is 5.92 Å². The summed E-state index contributed by atoms with van der Waals surface area (Å²) < 4.78 is 18.5. The van der Waals surface area contributed by atoms with Crippen molar-refractivity contribution in [1.29, 1.82) is 0 Å². The zero-order valence-corrected chi connectivity index (χ0v) is 18.1. The second-order valence-electron chi connectivity index (χ2n) is 8.90. The van der Waals surface area contributed by atoms with Gasteiger partial charge >= 0.3 is 5.97 Å². The molecule has 1 heterocycles. The lowest BCUT2D eigenvalue weighted by molar-refractivity contribution is -0.145. The van der Waals surface area contributed by atoms with Gasteiger partial charge in [-0.2, -0.15) is 0 Å². The van der Waals surface area contributed by atoms with Gasteiger partial charge in [0.15, 0.2) is 8.32 Å². The highest BCUT2D eigenvalue weighted by atomic mass is 28.4. The van der Waals surface area contributed by atoms with Gasteiger partial charge in [0.1, 0.15) is 12.1 Å². The molecule has 0 aromatic heterocycles. The van der Waals surface area contributed by atoms with Crippen molar-refractivity contribution in [3.8, 4) is 0 Å². The second kappa shape index (κ2) is 7.88. The minimum absolute atomic E-state index is 0.000184. The number of carbonyl (C=O) groups is 1. The highest BCUT2D eigenvalue weighted by molar-refractivity contribution is 6.74. The Bertz CT molecular complexity index is 567. The number of ether oxygens (including phenoxy) is 2. The van der Waals surface area contributed by atoms with E-state index in [0.717, 1.165) is 12.8 Å². The van der Waals surface area contributed by atoms with Crippen LogP contribution in [0.15, 0.2) is 5.11 Å². The summed E-state index contributed by atoms with van der Waals surface area (Å²) in [4.78, 5) is 15.4. The van der Waals surface area contributed by atoms with E-state index in [1.807, 2.05) is 0 Å². The molecule has 8 heteroatoms. The highest BCUT2D eigenvalue weighted by Crippen LogP contribution is 2.45. The molecular formula is C18H33N3O4Si. The standard InChI is InChI=1S/C18H33N3O4Si/c1-8-11(9-2)23-16-14(20-21-19)13-10-12(17(22)24-13)15(16)25-26(6,7)18(3,4)5/h11-16H,8-10H2,1-7H3/t12-,13+,14+,15-,16-/m0/s1. The number of hydrogen-bond acceptors (Lipinski definition) is 5. The van der Waals surface area contributed by atoms with Crippen molar-refractivity contribution >= 4 is 14.3 Å². The van der Waals surface area contributed by atoms with E-state index in [9.17, 15) is 4.79 Å². The molecule has 0 radical (unpaired) electrons. The summed E-state index contributed by atoms with van der Waals surface area (Å²) in [6.07, 6.45) is 0.972. The Hall–Kier alpha value is -1.08. The van der Waals surface area contributed by atoms with E-state index in [1.165, 1.54) is 0 Å². The molecule has 2 fully saturated rings. The van der Waals surface area contributed by atoms with Crippen LogP contribution in [-0.4, -0.2) is 44.7 Å². The number of carbonyl (C=O) groups excluding carboxylic acids is 1. The Kier molecular flexibility index (Phi) is 6.43. The number of esters is 1. The van der Waals surface area contributed by atoms with Crippen LogP contribution in [0.3, 0.4) is 0 Å². The molecule has 148 valence electrons. The Labute approximate surface area is 157 Å². The lowest BCUT2D eigenvalue weighted by Crippen LogP contribution is -2.57. The quantitative estimate of drug-likeness (QED) is 0.211. The first-order chi connectivity index (χ1) is 12.1. The SMILES string of the molecule is CCC(CC)O[C@H]1[C@H](N=[N+]=[N-])[C@H]2C[C@H](C(=O)O2)[C@@H]1O[Si](C)(C)C(C)(C)C. The first-order valence-corrected chi connectivity index (χ1v) is 12.5. The molecular weight excluding hydrogens is 350 g/mol. The topological polar surface area (TPSA) is 93.5 Å². The van der Waals surface area contributed by atoms with Gasteiger partial charge < -0.3 is 13.9 Å². The summed E-state index contributed by atoms with van der Waals surface area (Å²) in [5, 5.41) is 3.96. The van der Waals surface area contributed by atoms with E-state index < -0.39 is 32.7 Å². The molecule has 7 nitrogen and oxygen atoms in total. The molecule has 1 saturated heterocycles. The fraction of sp³-hybridized carbons (Fsp3) is 0.944. The average molecular weight is 384 g/mol. The van der Waals surface area contributed by atoms with Crippen LogP contribution in [0.25, 0.3) is 10.4 Å². The number of nitrogens with zero attached hydrogens (tertiary/aromatic N) is 3. The summed E-state index contributed by atoms with van der Waals surface area (Å²) in [6, 6.07) is -0.543. The maximum Gasteiger partial charge on any atom is 0.312 e. The van der Waals surface area contributed by atoms with E-state index in [2.05, 4.69) is 57.7 Å². The summed E-state index contributed by atoms with van der Waals surface area (Å²) in [7, 11) is -2.15. The Morgan fingerprint density at radius 1 is 1.31 bits per heavy atom. The zero-order valence-electron chi connectivity index (χ0n) is 17.1. The summed E-state index contributed by atoms with van der Waals surface area (Å²) in [5.74, 6) is -0.605. The predicted molar refractivity (Wildman–Crippen MR) is 102 cm³/mol. The van der Waals surface area contributed by atoms with Gasteiger partial charge in [-0.05, 0) is 36.5 Å². The van der Waals surface area contributed by atoms with Gasteiger partial charge in [-0.15, -0.1) is 0 Å². The van der Waals surface area contributed by atoms with E-state index in [1.54, 1.807) is 0 Å². The largest absolute Gasteiger partial charge is 0.462 e. The van der Waals surface area contributed by atoms with E-state index in [4.69, 9.17) is 19.4 Å². The van der Waals surface area contributed by atoms with Gasteiger partial charge in [0.2, 0.25) is 0 Å². The van der Waals surface area contributed by atoms with Crippen molar-refractivity contribution in [3.05, 3.63) is 10.4 Å². The molecule has 1 aliphatic heterocycles. The van der Waals surface area contributed by atoms with E-state index in [-0.39, 0.29) is 23.0 Å². The van der Waals surface area contributed by atoms with Crippen LogP contribution in [0.5, 0.6) is 0 Å². The van der Waals surface area contributed by atoms with Crippen molar-refractivity contribution in [2.24, 2.45) is 11.0 Å². The third-order valence-corrected chi connectivity index (χ3v) is 10.7. The number of rotatable bonds is 7. The summed E-state index contributed by atoms with van der Waals surface area (Å²) in [5.41, 5.74) is 9.06. The monoisotopic (exact) mass is 383 g/mol. The minimum atomic E-state index is -2.15. The smallest absolute Gasteiger partial charge is 0.312 e. The van der Waals surface area contributed by atoms with Gasteiger partial charge in [-0.3, -0.25) is 4.79 Å². The summed E-state index contributed by atoms with van der Waals surface area (Å²) in [6.45, 7) is 15.0. The van der Waals surface area contributed by atoms with Crippen LogP contribution >= 0.6 is 0 Å². The van der Waals surface area contributed by atoms with Gasteiger partial charge in [0.05, 0.1) is 24.2 Å². The van der Waals surface area contributed by atoms with Crippen molar-refractivity contribution in [1.82, 2.24) is 0 Å². The van der Waals surface area contributed by atoms with Gasteiger partial charge in [-0.1, -0.05) is 39.7 Å². The van der Waals surface area contributed by atoms with Gasteiger partial charge in [0, 0.05) is 11.3 Å². The maximum absolute atomic E-state index is 12.4. The Morgan fingerprint density at radius 3 is 2.42 bits per heavy atom. The molecule has 1 aliphatic carbocycles. The van der Waals surface area contributed by atoms with E-state index >= 15 is 0 Å². The molecule has 0 amide bonds. The fourth-order valence-electron chi connectivity index (χ4n) is 3.47. The van der Waals surface area contributed by atoms with Crippen molar-refractivity contribution in [2.45, 2.75) is 102 Å². The summed E-state index contributed by atoms with van der Waals surface area (Å²) >= 11 is 0. The number of azide groups is 1. The second-order valence-corrected chi connectivity index (χ2v) is 13.7. The van der Waals surface area contributed by atoms with Gasteiger partial charge in [0.25, 0.3) is 0 Å². The minimum Gasteiger partial charge on any atom is -0.462 e. The first-order valence-electron chi connectivity index (χ1n) is 9.63. The highest BCUT2D eigenvalue weighted by Gasteiger charge is 2.57. The zero-order chi connectivity index (χ0) is 19.7. The average Bonchev–Trinajstić information content (AvgIpc) is 2.89. The molecule has 0 aromatic rings. The van der Waals surface area contributed by atoms with E-state index in [0.29, 0.717) is 6.42 Å². The third-order valence-electron chi connectivity index (χ3n) is 6.18. The predicted octanol–water partition coefficient (Wildman–Crippen LogP) is 4.57. The lowest BCUT2D eigenvalue weighted by Gasteiger charge is -2.45. The molecule has 26 heavy (non-hydrogen) atoms. The Balaban J connectivity index is 2.40. The fourth-order valence-corrected chi connectivity index (χ4v) is 4.80. The van der Waals surface area contributed by atoms with Gasteiger partial charge in [-0.25, -0.2) is 0 Å². The molecule has 0 aromatic carbocycles. The molecule has 0 spiro atoms. The number of fused-ring (bicyclic) bond motifs is 2. The third kappa shape index (κ3) is 4.08. The lowest BCUT2D eigenvalue weighted by atomic mass is 9.82. The molecule has 2 aliphatic rings. The molecule has 0 N–H and O–H groups in total. The van der Waals surface area contributed by atoms with Crippen LogP contribution in [0.4, 0.5) is 0 Å². The molecule has 0 unspecified atom stereocenters. The Morgan fingerprint density at radius 2 is 1.92 bits per heavy atom. The normalized spacial score (nSPS) is 31.7. The molecule has 5 atom stereocenters. The van der Waals surface area contributed by atoms with Crippen molar-refractivity contribution < 1.29 is 18.7 Å². The van der Waals surface area contributed by atoms with Crippen LogP contribution in [-0.2, 0) is 18.7 Å². The number of hydrogen-bond donors (Lipinski definition) is 0. The van der Waals surface area contributed by atoms with Crippen LogP contribution in [0.2, 0.25) is 18.1 Å². The van der Waals surface area contributed by atoms with Crippen molar-refractivity contribution in [2.75, 3.05) is 0 Å². The van der Waals surface area contributed by atoms with Crippen LogP contribution in [0.1, 0.15) is 53.9 Å². The molecule has 2 bridgehead atoms. The molecule has 1 saturated carbocycles.